The zero-order chi connectivity index (χ0) is 8.27. The maximum atomic E-state index is 8.80. The summed E-state index contributed by atoms with van der Waals surface area (Å²) in [7, 11) is 1.54. The predicted octanol–water partition coefficient (Wildman–Crippen LogP) is 1.27. The van der Waals surface area contributed by atoms with Gasteiger partial charge in [0.15, 0.2) is 0 Å². The van der Waals surface area contributed by atoms with Crippen LogP contribution in [0, 0.1) is 6.92 Å². The number of ether oxygens (including phenoxy) is 1. The van der Waals surface area contributed by atoms with Gasteiger partial charge in [0.05, 0.1) is 6.61 Å². The average molecular weight is 156 g/mol. The molecule has 1 aromatic rings. The first-order valence-electron chi connectivity index (χ1n) is 3.48. The molecule has 0 aliphatic carbocycles. The highest BCUT2D eigenvalue weighted by molar-refractivity contribution is 5.08. The van der Waals surface area contributed by atoms with Crippen LogP contribution >= 0.6 is 0 Å². The topological polar surface area (TPSA) is 42.6 Å². The number of aryl methyl sites for hydroxylation is 1. The molecule has 0 saturated carbocycles. The Labute approximate surface area is 65.6 Å². The molecule has 1 atom stereocenters. The van der Waals surface area contributed by atoms with E-state index in [-0.39, 0.29) is 12.7 Å². The Bertz CT molecular complexity index is 213. The van der Waals surface area contributed by atoms with Crippen molar-refractivity contribution in [3.8, 4) is 0 Å². The van der Waals surface area contributed by atoms with Gasteiger partial charge in [0.2, 0.25) is 0 Å². The van der Waals surface area contributed by atoms with Gasteiger partial charge >= 0.3 is 0 Å². The van der Waals surface area contributed by atoms with E-state index in [0.29, 0.717) is 5.76 Å². The molecule has 0 radical (unpaired) electrons. The minimum Gasteiger partial charge on any atom is -0.464 e. The van der Waals surface area contributed by atoms with Gasteiger partial charge in [-0.2, -0.15) is 0 Å². The third-order valence-corrected chi connectivity index (χ3v) is 1.53. The largest absolute Gasteiger partial charge is 0.464 e. The highest BCUT2D eigenvalue weighted by atomic mass is 16.5. The lowest BCUT2D eigenvalue weighted by Crippen LogP contribution is -2.04. The van der Waals surface area contributed by atoms with Crippen LogP contribution in [0.1, 0.15) is 17.6 Å². The van der Waals surface area contributed by atoms with E-state index in [0.717, 1.165) is 5.76 Å². The fraction of sp³-hybridized carbons (Fsp3) is 0.500. The summed E-state index contributed by atoms with van der Waals surface area (Å²) in [6.07, 6.45) is -0.330. The summed E-state index contributed by atoms with van der Waals surface area (Å²) in [5.41, 5.74) is 0. The van der Waals surface area contributed by atoms with Crippen molar-refractivity contribution < 1.29 is 14.3 Å². The van der Waals surface area contributed by atoms with Crippen molar-refractivity contribution in [2.45, 2.75) is 13.0 Å². The van der Waals surface area contributed by atoms with E-state index in [9.17, 15) is 0 Å². The van der Waals surface area contributed by atoms with Gasteiger partial charge in [0.1, 0.15) is 17.6 Å². The van der Waals surface area contributed by atoms with Crippen LogP contribution < -0.4 is 0 Å². The van der Waals surface area contributed by atoms with Crippen molar-refractivity contribution in [3.05, 3.63) is 23.7 Å². The summed E-state index contributed by atoms with van der Waals surface area (Å²) in [6, 6.07) is 3.65. The molecule has 62 valence electrons. The molecule has 0 spiro atoms. The smallest absolute Gasteiger partial charge is 0.138 e. The van der Waals surface area contributed by atoms with E-state index < -0.39 is 0 Å². The molecule has 0 aliphatic heterocycles. The lowest BCUT2D eigenvalue weighted by atomic mass is 10.3. The van der Waals surface area contributed by atoms with E-state index in [1.165, 1.54) is 0 Å². The first kappa shape index (κ1) is 8.30. The molecular weight excluding hydrogens is 144 g/mol. The number of rotatable bonds is 3. The van der Waals surface area contributed by atoms with Gasteiger partial charge in [-0.1, -0.05) is 0 Å². The molecule has 0 saturated heterocycles. The van der Waals surface area contributed by atoms with Crippen molar-refractivity contribution >= 4 is 0 Å². The number of aliphatic hydroxyl groups excluding tert-OH is 1. The molecule has 3 nitrogen and oxygen atoms in total. The average Bonchev–Trinajstić information content (AvgIpc) is 2.39. The van der Waals surface area contributed by atoms with E-state index in [4.69, 9.17) is 14.3 Å². The number of hydrogen-bond donors (Lipinski definition) is 1. The number of hydrogen-bond acceptors (Lipinski definition) is 3. The van der Waals surface area contributed by atoms with Crippen LogP contribution in [-0.2, 0) is 4.74 Å². The minimum absolute atomic E-state index is 0.0521. The molecule has 1 N–H and O–H groups in total. The zero-order valence-electron chi connectivity index (χ0n) is 6.70. The standard InChI is InChI=1S/C8H12O3/c1-6-3-4-7(11-6)8(5-9)10-2/h3-4,8-9H,5H2,1-2H3. The van der Waals surface area contributed by atoms with Crippen molar-refractivity contribution in [2.75, 3.05) is 13.7 Å². The summed E-state index contributed by atoms with van der Waals surface area (Å²) in [6.45, 7) is 1.80. The Morgan fingerprint density at radius 2 is 2.36 bits per heavy atom. The number of methoxy groups -OCH3 is 1. The number of aliphatic hydroxyl groups is 1. The molecule has 1 unspecified atom stereocenters. The first-order valence-corrected chi connectivity index (χ1v) is 3.48. The van der Waals surface area contributed by atoms with Crippen LogP contribution in [0.5, 0.6) is 0 Å². The SMILES string of the molecule is COC(CO)c1ccc(C)o1. The molecule has 0 fully saturated rings. The molecule has 1 rings (SSSR count). The maximum Gasteiger partial charge on any atom is 0.138 e. The molecular formula is C8H12O3. The van der Waals surface area contributed by atoms with Gasteiger partial charge in [-0.25, -0.2) is 0 Å². The van der Waals surface area contributed by atoms with E-state index in [1.54, 1.807) is 13.2 Å². The Morgan fingerprint density at radius 1 is 1.64 bits per heavy atom. The van der Waals surface area contributed by atoms with Crippen LogP contribution in [0.25, 0.3) is 0 Å². The fourth-order valence-corrected chi connectivity index (χ4v) is 0.907. The molecule has 1 aromatic heterocycles. The monoisotopic (exact) mass is 156 g/mol. The van der Waals surface area contributed by atoms with Crippen LogP contribution in [0.3, 0.4) is 0 Å². The summed E-state index contributed by atoms with van der Waals surface area (Å²) in [5.74, 6) is 1.50. The molecule has 0 aromatic carbocycles. The molecule has 3 heteroatoms. The molecule has 11 heavy (non-hydrogen) atoms. The second kappa shape index (κ2) is 3.55. The minimum atomic E-state index is -0.330. The Morgan fingerprint density at radius 3 is 2.73 bits per heavy atom. The van der Waals surface area contributed by atoms with E-state index in [2.05, 4.69) is 0 Å². The second-order valence-corrected chi connectivity index (χ2v) is 2.36. The lowest BCUT2D eigenvalue weighted by molar-refractivity contribution is 0.0329. The summed E-state index contributed by atoms with van der Waals surface area (Å²) in [5, 5.41) is 8.80. The highest BCUT2D eigenvalue weighted by Crippen LogP contribution is 2.17. The van der Waals surface area contributed by atoms with Gasteiger partial charge in [0.25, 0.3) is 0 Å². The maximum absolute atomic E-state index is 8.80. The lowest BCUT2D eigenvalue weighted by Gasteiger charge is -2.07. The summed E-state index contributed by atoms with van der Waals surface area (Å²) < 4.78 is 10.2. The molecule has 0 amide bonds. The van der Waals surface area contributed by atoms with Gasteiger partial charge < -0.3 is 14.3 Å². The van der Waals surface area contributed by atoms with Crippen LogP contribution in [-0.4, -0.2) is 18.8 Å². The Kier molecular flexibility index (Phi) is 2.68. The normalized spacial score (nSPS) is 13.4. The van der Waals surface area contributed by atoms with Crippen LogP contribution in [0.2, 0.25) is 0 Å². The van der Waals surface area contributed by atoms with Gasteiger partial charge in [-0.05, 0) is 19.1 Å². The fourth-order valence-electron chi connectivity index (χ4n) is 0.907. The molecule has 1 heterocycles. The van der Waals surface area contributed by atoms with Crippen molar-refractivity contribution in [3.63, 3.8) is 0 Å². The zero-order valence-corrected chi connectivity index (χ0v) is 6.70. The van der Waals surface area contributed by atoms with Crippen LogP contribution in [0.15, 0.2) is 16.5 Å². The Hall–Kier alpha value is -0.800. The molecule has 0 aliphatic rings. The van der Waals surface area contributed by atoms with Gasteiger partial charge in [-0.3, -0.25) is 0 Å². The molecule has 0 bridgehead atoms. The van der Waals surface area contributed by atoms with E-state index in [1.807, 2.05) is 13.0 Å². The first-order chi connectivity index (χ1) is 5.27. The van der Waals surface area contributed by atoms with Crippen molar-refractivity contribution in [2.24, 2.45) is 0 Å². The van der Waals surface area contributed by atoms with E-state index >= 15 is 0 Å². The van der Waals surface area contributed by atoms with Crippen molar-refractivity contribution in [1.29, 1.82) is 0 Å². The van der Waals surface area contributed by atoms with Crippen LogP contribution in [0.4, 0.5) is 0 Å². The second-order valence-electron chi connectivity index (χ2n) is 2.36. The summed E-state index contributed by atoms with van der Waals surface area (Å²) in [4.78, 5) is 0. The quantitative estimate of drug-likeness (QED) is 0.716. The number of furan rings is 1. The van der Waals surface area contributed by atoms with Crippen molar-refractivity contribution in [1.82, 2.24) is 0 Å². The van der Waals surface area contributed by atoms with Gasteiger partial charge in [0, 0.05) is 7.11 Å². The Balaban J connectivity index is 2.73. The van der Waals surface area contributed by atoms with Gasteiger partial charge in [-0.15, -0.1) is 0 Å². The highest BCUT2D eigenvalue weighted by Gasteiger charge is 2.11. The summed E-state index contributed by atoms with van der Waals surface area (Å²) >= 11 is 0. The third-order valence-electron chi connectivity index (χ3n) is 1.53. The predicted molar refractivity (Wildman–Crippen MR) is 40.3 cm³/mol. The third kappa shape index (κ3) is 1.82.